The van der Waals surface area contributed by atoms with Gasteiger partial charge in [0.1, 0.15) is 0 Å². The van der Waals surface area contributed by atoms with Crippen LogP contribution in [0.3, 0.4) is 0 Å². The van der Waals surface area contributed by atoms with E-state index in [0.29, 0.717) is 6.54 Å². The number of rotatable bonds is 7. The topological polar surface area (TPSA) is 46.3 Å². The quantitative estimate of drug-likeness (QED) is 0.565. The minimum Gasteiger partial charge on any atom is -0.399 e. The Labute approximate surface area is 157 Å². The summed E-state index contributed by atoms with van der Waals surface area (Å²) in [5, 5.41) is 0. The highest BCUT2D eigenvalue weighted by molar-refractivity contribution is 5.94. The van der Waals surface area contributed by atoms with Crippen LogP contribution in [0.2, 0.25) is 0 Å². The van der Waals surface area contributed by atoms with Crippen molar-refractivity contribution in [2.75, 3.05) is 12.3 Å². The second-order valence-electron chi connectivity index (χ2n) is 7.37. The Kier molecular flexibility index (Phi) is 6.32. The van der Waals surface area contributed by atoms with E-state index in [2.05, 4.69) is 19.1 Å². The lowest BCUT2D eigenvalue weighted by molar-refractivity contribution is 0.0735. The van der Waals surface area contributed by atoms with E-state index in [-0.39, 0.29) is 5.91 Å². The summed E-state index contributed by atoms with van der Waals surface area (Å²) in [5.74, 6) is 0.127. The van der Waals surface area contributed by atoms with Gasteiger partial charge in [-0.1, -0.05) is 50.8 Å². The molecule has 3 heteroatoms. The molecule has 2 aromatic carbocycles. The highest BCUT2D eigenvalue weighted by atomic mass is 16.2. The Morgan fingerprint density at radius 1 is 1.00 bits per heavy atom. The lowest BCUT2D eigenvalue weighted by Gasteiger charge is -2.29. The summed E-state index contributed by atoms with van der Waals surface area (Å²) in [4.78, 5) is 14.8. The van der Waals surface area contributed by atoms with Crippen molar-refractivity contribution in [3.05, 3.63) is 64.7 Å². The molecule has 2 N–H and O–H groups in total. The third-order valence-corrected chi connectivity index (χ3v) is 5.30. The smallest absolute Gasteiger partial charge is 0.254 e. The number of hydrogen-bond donors (Lipinski definition) is 1. The lowest BCUT2D eigenvalue weighted by atomic mass is 9.98. The summed E-state index contributed by atoms with van der Waals surface area (Å²) in [7, 11) is 0. The van der Waals surface area contributed by atoms with Crippen molar-refractivity contribution in [3.63, 3.8) is 0 Å². The monoisotopic (exact) mass is 350 g/mol. The molecular weight excluding hydrogens is 320 g/mol. The fourth-order valence-electron chi connectivity index (χ4n) is 3.68. The number of unbranched alkanes of at least 4 members (excludes halogenated alkanes) is 4. The lowest BCUT2D eigenvalue weighted by Crippen LogP contribution is -2.36. The van der Waals surface area contributed by atoms with E-state index < -0.39 is 0 Å². The molecule has 0 bridgehead atoms. The zero-order valence-electron chi connectivity index (χ0n) is 15.8. The first-order valence-corrected chi connectivity index (χ1v) is 9.93. The average Bonchev–Trinajstić information content (AvgIpc) is 2.67. The Hall–Kier alpha value is -2.29. The maximum atomic E-state index is 12.8. The summed E-state index contributed by atoms with van der Waals surface area (Å²) in [6.45, 7) is 3.67. The molecular formula is C23H30N2O. The van der Waals surface area contributed by atoms with Crippen LogP contribution in [0.25, 0.3) is 0 Å². The molecule has 1 heterocycles. The Bertz CT molecular complexity index is 736. The number of hydrogen-bond acceptors (Lipinski definition) is 2. The van der Waals surface area contributed by atoms with E-state index in [0.717, 1.165) is 30.6 Å². The van der Waals surface area contributed by atoms with E-state index in [1.807, 2.05) is 35.2 Å². The second-order valence-corrected chi connectivity index (χ2v) is 7.37. The zero-order chi connectivity index (χ0) is 18.4. The van der Waals surface area contributed by atoms with E-state index in [4.69, 9.17) is 5.73 Å². The van der Waals surface area contributed by atoms with Crippen LogP contribution in [-0.4, -0.2) is 17.4 Å². The van der Waals surface area contributed by atoms with Crippen LogP contribution in [0.15, 0.2) is 42.5 Å². The number of nitrogens with two attached hydrogens (primary N) is 1. The number of fused-ring (bicyclic) bond motifs is 1. The maximum Gasteiger partial charge on any atom is 0.254 e. The summed E-state index contributed by atoms with van der Waals surface area (Å²) in [6, 6.07) is 14.2. The van der Waals surface area contributed by atoms with Gasteiger partial charge in [0.05, 0.1) is 0 Å². The van der Waals surface area contributed by atoms with Gasteiger partial charge >= 0.3 is 0 Å². The van der Waals surface area contributed by atoms with Gasteiger partial charge in [0.25, 0.3) is 5.91 Å². The normalized spacial score (nSPS) is 13.5. The second kappa shape index (κ2) is 8.88. The fourth-order valence-corrected chi connectivity index (χ4v) is 3.68. The first-order chi connectivity index (χ1) is 12.7. The molecule has 0 saturated heterocycles. The predicted octanol–water partition coefficient (Wildman–Crippen LogP) is 4.98. The van der Waals surface area contributed by atoms with Gasteiger partial charge in [-0.05, 0) is 60.2 Å². The molecule has 0 fully saturated rings. The molecule has 26 heavy (non-hydrogen) atoms. The number of amides is 1. The van der Waals surface area contributed by atoms with Gasteiger partial charge in [-0.3, -0.25) is 4.79 Å². The molecule has 3 nitrogen and oxygen atoms in total. The van der Waals surface area contributed by atoms with E-state index in [1.165, 1.54) is 48.8 Å². The van der Waals surface area contributed by atoms with Crippen molar-refractivity contribution in [1.82, 2.24) is 4.90 Å². The van der Waals surface area contributed by atoms with Gasteiger partial charge in [0.2, 0.25) is 0 Å². The van der Waals surface area contributed by atoms with Crippen molar-refractivity contribution < 1.29 is 4.79 Å². The molecule has 1 aliphatic rings. The molecule has 1 amide bonds. The summed E-state index contributed by atoms with van der Waals surface area (Å²) < 4.78 is 0. The molecule has 0 spiro atoms. The molecule has 0 aliphatic carbocycles. The zero-order valence-corrected chi connectivity index (χ0v) is 15.8. The first-order valence-electron chi connectivity index (χ1n) is 9.93. The predicted molar refractivity (Wildman–Crippen MR) is 108 cm³/mol. The van der Waals surface area contributed by atoms with Gasteiger partial charge in [-0.15, -0.1) is 0 Å². The maximum absolute atomic E-state index is 12.8. The van der Waals surface area contributed by atoms with Crippen LogP contribution >= 0.6 is 0 Å². The van der Waals surface area contributed by atoms with Crippen molar-refractivity contribution in [2.24, 2.45) is 0 Å². The van der Waals surface area contributed by atoms with Crippen LogP contribution in [0.4, 0.5) is 5.69 Å². The highest BCUT2D eigenvalue weighted by Gasteiger charge is 2.21. The molecule has 0 unspecified atom stereocenters. The standard InChI is InChI=1S/C23H30N2O/c1-2-3-4-5-6-7-18-8-10-19(11-9-18)23(26)25-15-14-20-16-22(24)13-12-21(20)17-25/h8-13,16H,2-7,14-15,17,24H2,1H3. The van der Waals surface area contributed by atoms with Gasteiger partial charge in [0.15, 0.2) is 0 Å². The van der Waals surface area contributed by atoms with Gasteiger partial charge in [-0.25, -0.2) is 0 Å². The molecule has 0 atom stereocenters. The third kappa shape index (κ3) is 4.66. The largest absolute Gasteiger partial charge is 0.399 e. The molecule has 0 aromatic heterocycles. The number of carbonyl (C=O) groups excluding carboxylic acids is 1. The minimum atomic E-state index is 0.127. The van der Waals surface area contributed by atoms with Crippen molar-refractivity contribution in [1.29, 1.82) is 0 Å². The van der Waals surface area contributed by atoms with Gasteiger partial charge in [-0.2, -0.15) is 0 Å². The Balaban J connectivity index is 1.56. The molecule has 0 saturated carbocycles. The number of nitrogen functional groups attached to an aromatic ring is 1. The molecule has 1 aliphatic heterocycles. The van der Waals surface area contributed by atoms with Crippen LogP contribution in [0, 0.1) is 0 Å². The van der Waals surface area contributed by atoms with Crippen molar-refractivity contribution >= 4 is 11.6 Å². The van der Waals surface area contributed by atoms with E-state index in [1.54, 1.807) is 0 Å². The Morgan fingerprint density at radius 2 is 1.77 bits per heavy atom. The molecule has 138 valence electrons. The highest BCUT2D eigenvalue weighted by Crippen LogP contribution is 2.23. The number of benzene rings is 2. The molecule has 0 radical (unpaired) electrons. The number of carbonyl (C=O) groups is 1. The molecule has 3 rings (SSSR count). The van der Waals surface area contributed by atoms with E-state index >= 15 is 0 Å². The summed E-state index contributed by atoms with van der Waals surface area (Å²) >= 11 is 0. The molecule has 2 aromatic rings. The van der Waals surface area contributed by atoms with Crippen molar-refractivity contribution in [2.45, 2.75) is 58.4 Å². The minimum absolute atomic E-state index is 0.127. The fraction of sp³-hybridized carbons (Fsp3) is 0.435. The van der Waals surface area contributed by atoms with Crippen LogP contribution in [0.5, 0.6) is 0 Å². The SMILES string of the molecule is CCCCCCCc1ccc(C(=O)N2CCc3cc(N)ccc3C2)cc1. The van der Waals surface area contributed by atoms with Crippen LogP contribution in [0.1, 0.15) is 66.1 Å². The first kappa shape index (κ1) is 18.5. The van der Waals surface area contributed by atoms with Crippen LogP contribution < -0.4 is 5.73 Å². The Morgan fingerprint density at radius 3 is 2.54 bits per heavy atom. The number of nitrogens with zero attached hydrogens (tertiary/aromatic N) is 1. The van der Waals surface area contributed by atoms with Gasteiger partial charge in [0, 0.05) is 24.3 Å². The van der Waals surface area contributed by atoms with Crippen molar-refractivity contribution in [3.8, 4) is 0 Å². The third-order valence-electron chi connectivity index (χ3n) is 5.30. The average molecular weight is 351 g/mol. The number of aryl methyl sites for hydroxylation is 1. The summed E-state index contributed by atoms with van der Waals surface area (Å²) in [6.07, 6.45) is 8.46. The van der Waals surface area contributed by atoms with Gasteiger partial charge < -0.3 is 10.6 Å². The van der Waals surface area contributed by atoms with E-state index in [9.17, 15) is 4.79 Å². The number of anilines is 1. The summed E-state index contributed by atoms with van der Waals surface area (Å²) in [5.41, 5.74) is 11.3. The van der Waals surface area contributed by atoms with Crippen LogP contribution in [-0.2, 0) is 19.4 Å².